The van der Waals surface area contributed by atoms with Gasteiger partial charge in [0.2, 0.25) is 5.43 Å². The van der Waals surface area contributed by atoms with E-state index in [1.165, 1.54) is 13.2 Å². The molecule has 0 bridgehead atoms. The molecule has 0 saturated heterocycles. The topological polar surface area (TPSA) is 31.2 Å². The lowest BCUT2D eigenvalue weighted by atomic mass is 10.3. The van der Waals surface area contributed by atoms with Crippen molar-refractivity contribution in [2.24, 2.45) is 7.05 Å². The Kier molecular flexibility index (Phi) is 1.98. The van der Waals surface area contributed by atoms with Gasteiger partial charge in [-0.05, 0) is 6.92 Å². The minimum absolute atomic E-state index is 0.0666. The van der Waals surface area contributed by atoms with Crippen LogP contribution in [0.3, 0.4) is 0 Å². The second kappa shape index (κ2) is 2.78. The molecular weight excluding hydrogens is 142 g/mol. The van der Waals surface area contributed by atoms with Gasteiger partial charge in [0.05, 0.1) is 12.8 Å². The Morgan fingerprint density at radius 1 is 1.55 bits per heavy atom. The number of aryl methyl sites for hydroxylation is 1. The van der Waals surface area contributed by atoms with E-state index in [1.54, 1.807) is 6.20 Å². The quantitative estimate of drug-likeness (QED) is 0.594. The SMILES string of the molecule is COc1c(C)n(C)ccc1=O. The maximum absolute atomic E-state index is 11.1. The molecule has 0 radical (unpaired) electrons. The Bertz CT molecular complexity index is 314. The van der Waals surface area contributed by atoms with Gasteiger partial charge in [-0.1, -0.05) is 0 Å². The lowest BCUT2D eigenvalue weighted by Gasteiger charge is -2.07. The highest BCUT2D eigenvalue weighted by atomic mass is 16.5. The molecule has 3 heteroatoms. The van der Waals surface area contributed by atoms with Gasteiger partial charge in [0.25, 0.3) is 0 Å². The molecule has 1 heterocycles. The Labute approximate surface area is 65.2 Å². The molecule has 0 aliphatic rings. The van der Waals surface area contributed by atoms with Gasteiger partial charge in [-0.15, -0.1) is 0 Å². The fraction of sp³-hybridized carbons (Fsp3) is 0.375. The van der Waals surface area contributed by atoms with Crippen LogP contribution in [0.25, 0.3) is 0 Å². The van der Waals surface area contributed by atoms with E-state index < -0.39 is 0 Å². The zero-order valence-electron chi connectivity index (χ0n) is 6.92. The van der Waals surface area contributed by atoms with Crippen molar-refractivity contribution in [3.05, 3.63) is 28.2 Å². The molecule has 0 atom stereocenters. The van der Waals surface area contributed by atoms with Crippen LogP contribution in [0.4, 0.5) is 0 Å². The predicted octanol–water partition coefficient (Wildman–Crippen LogP) is 0.702. The number of hydrogen-bond donors (Lipinski definition) is 0. The maximum Gasteiger partial charge on any atom is 0.223 e. The fourth-order valence-electron chi connectivity index (χ4n) is 0.954. The first-order valence-corrected chi connectivity index (χ1v) is 3.37. The van der Waals surface area contributed by atoms with E-state index in [0.717, 1.165) is 5.69 Å². The first-order valence-electron chi connectivity index (χ1n) is 3.37. The molecule has 0 unspecified atom stereocenters. The summed E-state index contributed by atoms with van der Waals surface area (Å²) in [5.41, 5.74) is 0.781. The molecule has 0 spiro atoms. The molecule has 0 saturated carbocycles. The van der Waals surface area contributed by atoms with Crippen LogP contribution in [0.2, 0.25) is 0 Å². The van der Waals surface area contributed by atoms with Crippen molar-refractivity contribution in [1.29, 1.82) is 0 Å². The highest BCUT2D eigenvalue weighted by molar-refractivity contribution is 5.26. The van der Waals surface area contributed by atoms with Crippen molar-refractivity contribution >= 4 is 0 Å². The molecule has 11 heavy (non-hydrogen) atoms. The first-order chi connectivity index (χ1) is 5.16. The maximum atomic E-state index is 11.1. The second-order valence-electron chi connectivity index (χ2n) is 2.41. The molecule has 0 N–H and O–H groups in total. The standard InChI is InChI=1S/C8H11NO2/c1-6-8(11-3)7(10)4-5-9(6)2/h4-5H,1-3H3. The first kappa shape index (κ1) is 7.85. The lowest BCUT2D eigenvalue weighted by Crippen LogP contribution is -2.10. The molecule has 1 rings (SSSR count). The molecule has 3 nitrogen and oxygen atoms in total. The summed E-state index contributed by atoms with van der Waals surface area (Å²) in [7, 11) is 3.38. The largest absolute Gasteiger partial charge is 0.491 e. The second-order valence-corrected chi connectivity index (χ2v) is 2.41. The van der Waals surface area contributed by atoms with Gasteiger partial charge in [-0.3, -0.25) is 4.79 Å². The number of hydrogen-bond acceptors (Lipinski definition) is 2. The molecule has 1 aromatic heterocycles. The highest BCUT2D eigenvalue weighted by Gasteiger charge is 2.03. The summed E-state index contributed by atoms with van der Waals surface area (Å²) in [6.45, 7) is 1.85. The van der Waals surface area contributed by atoms with Crippen LogP contribution >= 0.6 is 0 Å². The number of pyridine rings is 1. The Balaban J connectivity index is 3.41. The summed E-state index contributed by atoms with van der Waals surface area (Å²) in [4.78, 5) is 11.1. The van der Waals surface area contributed by atoms with Crippen LogP contribution < -0.4 is 10.2 Å². The molecule has 0 amide bonds. The number of nitrogens with zero attached hydrogens (tertiary/aromatic N) is 1. The van der Waals surface area contributed by atoms with E-state index in [0.29, 0.717) is 5.75 Å². The van der Waals surface area contributed by atoms with Crippen molar-refractivity contribution < 1.29 is 4.74 Å². The van der Waals surface area contributed by atoms with Crippen molar-refractivity contribution in [2.75, 3.05) is 7.11 Å². The Hall–Kier alpha value is -1.25. The minimum Gasteiger partial charge on any atom is -0.491 e. The van der Waals surface area contributed by atoms with Gasteiger partial charge in [-0.25, -0.2) is 0 Å². The van der Waals surface area contributed by atoms with Crippen molar-refractivity contribution in [3.8, 4) is 5.75 Å². The van der Waals surface area contributed by atoms with E-state index in [9.17, 15) is 4.79 Å². The van der Waals surface area contributed by atoms with Crippen LogP contribution in [-0.2, 0) is 7.05 Å². The smallest absolute Gasteiger partial charge is 0.223 e. The summed E-state index contributed by atoms with van der Waals surface area (Å²) in [6, 6.07) is 1.49. The van der Waals surface area contributed by atoms with Crippen LogP contribution in [0, 0.1) is 6.92 Å². The van der Waals surface area contributed by atoms with Gasteiger partial charge in [0, 0.05) is 19.3 Å². The van der Waals surface area contributed by atoms with Crippen molar-refractivity contribution in [1.82, 2.24) is 4.57 Å². The predicted molar refractivity (Wildman–Crippen MR) is 43.0 cm³/mol. The van der Waals surface area contributed by atoms with Gasteiger partial charge >= 0.3 is 0 Å². The zero-order valence-corrected chi connectivity index (χ0v) is 6.92. The van der Waals surface area contributed by atoms with Crippen LogP contribution in [0.15, 0.2) is 17.1 Å². The van der Waals surface area contributed by atoms with E-state index >= 15 is 0 Å². The number of rotatable bonds is 1. The Morgan fingerprint density at radius 3 is 2.64 bits per heavy atom. The summed E-state index contributed by atoms with van der Waals surface area (Å²) in [5, 5.41) is 0. The summed E-state index contributed by atoms with van der Waals surface area (Å²) < 4.78 is 6.77. The number of aromatic nitrogens is 1. The van der Waals surface area contributed by atoms with Crippen molar-refractivity contribution in [2.45, 2.75) is 6.92 Å². The van der Waals surface area contributed by atoms with Crippen LogP contribution in [0.1, 0.15) is 5.69 Å². The molecule has 1 aromatic rings. The molecule has 0 aliphatic carbocycles. The summed E-state index contributed by atoms with van der Waals surface area (Å²) in [6.07, 6.45) is 1.72. The third-order valence-corrected chi connectivity index (χ3v) is 1.74. The van der Waals surface area contributed by atoms with Crippen LogP contribution in [-0.4, -0.2) is 11.7 Å². The van der Waals surface area contributed by atoms with E-state index in [1.807, 2.05) is 18.5 Å². The lowest BCUT2D eigenvalue weighted by molar-refractivity contribution is 0.402. The molecule has 0 fully saturated rings. The van der Waals surface area contributed by atoms with E-state index in [-0.39, 0.29) is 5.43 Å². The molecule has 0 aromatic carbocycles. The number of ether oxygens (including phenoxy) is 1. The van der Waals surface area contributed by atoms with Gasteiger partial charge in [0.1, 0.15) is 0 Å². The molecule has 60 valence electrons. The highest BCUT2D eigenvalue weighted by Crippen LogP contribution is 2.08. The molecule has 0 aliphatic heterocycles. The van der Waals surface area contributed by atoms with Crippen molar-refractivity contribution in [3.63, 3.8) is 0 Å². The summed E-state index contributed by atoms with van der Waals surface area (Å²) in [5.74, 6) is 0.426. The normalized spacial score (nSPS) is 9.73. The van der Waals surface area contributed by atoms with Gasteiger partial charge < -0.3 is 9.30 Å². The zero-order chi connectivity index (χ0) is 8.43. The molecular formula is C8H11NO2. The summed E-state index contributed by atoms with van der Waals surface area (Å²) >= 11 is 0. The minimum atomic E-state index is -0.0666. The Morgan fingerprint density at radius 2 is 2.18 bits per heavy atom. The third kappa shape index (κ3) is 1.27. The number of methoxy groups -OCH3 is 1. The van der Waals surface area contributed by atoms with Gasteiger partial charge in [0.15, 0.2) is 5.75 Å². The van der Waals surface area contributed by atoms with E-state index in [4.69, 9.17) is 4.74 Å². The average molecular weight is 153 g/mol. The van der Waals surface area contributed by atoms with Crippen LogP contribution in [0.5, 0.6) is 5.75 Å². The van der Waals surface area contributed by atoms with E-state index in [2.05, 4.69) is 0 Å². The monoisotopic (exact) mass is 153 g/mol. The third-order valence-electron chi connectivity index (χ3n) is 1.74. The fourth-order valence-corrected chi connectivity index (χ4v) is 0.954. The average Bonchev–Trinajstić information content (AvgIpc) is 1.99. The van der Waals surface area contributed by atoms with Gasteiger partial charge in [-0.2, -0.15) is 0 Å².